The average molecular weight is 434 g/mol. The molecule has 0 unspecified atom stereocenters. The first-order valence-electron chi connectivity index (χ1n) is 10.3. The van der Waals surface area contributed by atoms with Crippen molar-refractivity contribution in [1.82, 2.24) is 10.6 Å². The van der Waals surface area contributed by atoms with Gasteiger partial charge in [0.1, 0.15) is 6.61 Å². The first kappa shape index (κ1) is 22.8. The number of hydrogen-bond acceptors (Lipinski definition) is 4. The van der Waals surface area contributed by atoms with Gasteiger partial charge in [-0.05, 0) is 36.1 Å². The van der Waals surface area contributed by atoms with Crippen molar-refractivity contribution in [3.63, 3.8) is 0 Å². The number of amides is 2. The number of alkyl carbamates (subject to hydrolysis) is 1. The Morgan fingerprint density at radius 1 is 0.875 bits per heavy atom. The maximum atomic E-state index is 12.2. The minimum Gasteiger partial charge on any atom is -0.478 e. The van der Waals surface area contributed by atoms with E-state index in [0.29, 0.717) is 5.57 Å². The van der Waals surface area contributed by atoms with Gasteiger partial charge in [-0.15, -0.1) is 0 Å². The van der Waals surface area contributed by atoms with E-state index in [4.69, 9.17) is 9.84 Å². The first-order chi connectivity index (χ1) is 15.4. The van der Waals surface area contributed by atoms with Crippen LogP contribution in [0.4, 0.5) is 4.79 Å². The van der Waals surface area contributed by atoms with Gasteiger partial charge < -0.3 is 20.5 Å². The van der Waals surface area contributed by atoms with Gasteiger partial charge in [0.2, 0.25) is 5.91 Å². The van der Waals surface area contributed by atoms with Crippen LogP contribution in [0.15, 0.2) is 71.8 Å². The largest absolute Gasteiger partial charge is 0.478 e. The van der Waals surface area contributed by atoms with Gasteiger partial charge in [0, 0.05) is 30.2 Å². The summed E-state index contributed by atoms with van der Waals surface area (Å²) in [5, 5.41) is 14.0. The molecule has 0 heterocycles. The van der Waals surface area contributed by atoms with Crippen LogP contribution in [0.1, 0.15) is 30.9 Å². The number of rotatable bonds is 8. The van der Waals surface area contributed by atoms with Crippen molar-refractivity contribution >= 4 is 18.0 Å². The summed E-state index contributed by atoms with van der Waals surface area (Å²) < 4.78 is 5.45. The average Bonchev–Trinajstić information content (AvgIpc) is 3.11. The number of carbonyl (C=O) groups excluding carboxylic acids is 2. The van der Waals surface area contributed by atoms with E-state index >= 15 is 0 Å². The number of carboxylic acids is 1. The van der Waals surface area contributed by atoms with Crippen LogP contribution < -0.4 is 10.6 Å². The maximum absolute atomic E-state index is 12.2. The lowest BCUT2D eigenvalue weighted by atomic mass is 9.98. The van der Waals surface area contributed by atoms with Gasteiger partial charge in [0.15, 0.2) is 0 Å². The molecule has 0 spiro atoms. The molecule has 1 aliphatic carbocycles. The molecule has 1 aliphatic rings. The molecular formula is C25H26N2O5. The number of fused-ring (bicyclic) bond motifs is 3. The molecule has 7 heteroatoms. The van der Waals surface area contributed by atoms with E-state index in [-0.39, 0.29) is 37.1 Å². The Morgan fingerprint density at radius 3 is 2.00 bits per heavy atom. The van der Waals surface area contributed by atoms with Crippen LogP contribution in [0.5, 0.6) is 0 Å². The van der Waals surface area contributed by atoms with Gasteiger partial charge in [0.25, 0.3) is 0 Å². The number of carboxylic acid groups (broad SMARTS) is 1. The standard InChI is InChI=1S/C25H26N2O5/c1-16(23(28)26-13-12-17(2)24(29)30)11-14-27-25(31)32-15-22-20-9-5-3-7-18(20)19-8-4-6-10-21(19)22/h3-12,22H,13-15H2,1-2H3,(H,26,28)(H,27,31)(H,29,30)/b16-11+,17-12+. The Kier molecular flexibility index (Phi) is 7.44. The first-order valence-corrected chi connectivity index (χ1v) is 10.3. The lowest BCUT2D eigenvalue weighted by molar-refractivity contribution is -0.132. The monoisotopic (exact) mass is 434 g/mol. The zero-order chi connectivity index (χ0) is 23.1. The van der Waals surface area contributed by atoms with Gasteiger partial charge >= 0.3 is 12.1 Å². The molecule has 0 bridgehead atoms. The minimum atomic E-state index is -1.03. The second-order valence-corrected chi connectivity index (χ2v) is 7.50. The maximum Gasteiger partial charge on any atom is 0.407 e. The fourth-order valence-electron chi connectivity index (χ4n) is 3.55. The number of benzene rings is 2. The summed E-state index contributed by atoms with van der Waals surface area (Å²) in [5.74, 6) is -1.38. The van der Waals surface area contributed by atoms with Gasteiger partial charge in [-0.3, -0.25) is 4.79 Å². The molecule has 0 radical (unpaired) electrons. The third-order valence-electron chi connectivity index (χ3n) is 5.36. The molecule has 7 nitrogen and oxygen atoms in total. The summed E-state index contributed by atoms with van der Waals surface area (Å²) in [5.41, 5.74) is 5.17. The molecule has 2 amide bonds. The smallest absolute Gasteiger partial charge is 0.407 e. The number of carbonyl (C=O) groups is 3. The summed E-state index contributed by atoms with van der Waals surface area (Å²) in [7, 11) is 0. The number of ether oxygens (including phenoxy) is 1. The summed E-state index contributed by atoms with van der Waals surface area (Å²) in [6.07, 6.45) is 2.43. The Bertz CT molecular complexity index is 1040. The minimum absolute atomic E-state index is 0.0153. The normalized spacial score (nSPS) is 13.2. The second-order valence-electron chi connectivity index (χ2n) is 7.50. The van der Waals surface area contributed by atoms with E-state index in [2.05, 4.69) is 34.9 Å². The van der Waals surface area contributed by atoms with Crippen molar-refractivity contribution < 1.29 is 24.2 Å². The molecule has 2 aromatic rings. The van der Waals surface area contributed by atoms with Crippen LogP contribution in [0.25, 0.3) is 11.1 Å². The summed E-state index contributed by atoms with van der Waals surface area (Å²) in [6, 6.07) is 16.2. The zero-order valence-corrected chi connectivity index (χ0v) is 18.1. The fourth-order valence-corrected chi connectivity index (χ4v) is 3.55. The van der Waals surface area contributed by atoms with Crippen molar-refractivity contribution in [2.45, 2.75) is 19.8 Å². The lowest BCUT2D eigenvalue weighted by Crippen LogP contribution is -2.28. The molecule has 166 valence electrons. The predicted molar refractivity (Wildman–Crippen MR) is 121 cm³/mol. The van der Waals surface area contributed by atoms with Gasteiger partial charge in [-0.1, -0.05) is 60.7 Å². The van der Waals surface area contributed by atoms with Crippen LogP contribution in [0.2, 0.25) is 0 Å². The molecule has 0 saturated carbocycles. The van der Waals surface area contributed by atoms with E-state index in [1.54, 1.807) is 13.0 Å². The van der Waals surface area contributed by atoms with E-state index in [9.17, 15) is 14.4 Å². The van der Waals surface area contributed by atoms with Gasteiger partial charge in [-0.25, -0.2) is 9.59 Å². The molecule has 0 aromatic heterocycles. The Hall–Kier alpha value is -3.87. The number of hydrogen-bond donors (Lipinski definition) is 3. The van der Waals surface area contributed by atoms with E-state index < -0.39 is 12.1 Å². The fraction of sp³-hybridized carbons (Fsp3) is 0.240. The lowest BCUT2D eigenvalue weighted by Gasteiger charge is -2.14. The van der Waals surface area contributed by atoms with Crippen LogP contribution in [-0.4, -0.2) is 42.8 Å². The highest BCUT2D eigenvalue weighted by Gasteiger charge is 2.28. The van der Waals surface area contributed by atoms with Crippen molar-refractivity contribution in [3.05, 3.63) is 83.0 Å². The Labute approximate surface area is 186 Å². The number of nitrogens with one attached hydrogen (secondary N) is 2. The molecule has 32 heavy (non-hydrogen) atoms. The van der Waals surface area contributed by atoms with E-state index in [1.807, 2.05) is 24.3 Å². The highest BCUT2D eigenvalue weighted by molar-refractivity contribution is 5.93. The Balaban J connectivity index is 1.48. The van der Waals surface area contributed by atoms with Crippen LogP contribution in [0.3, 0.4) is 0 Å². The van der Waals surface area contributed by atoms with Crippen molar-refractivity contribution in [2.24, 2.45) is 0 Å². The van der Waals surface area contributed by atoms with Gasteiger partial charge in [0.05, 0.1) is 0 Å². The molecule has 3 N–H and O–H groups in total. The quantitative estimate of drug-likeness (QED) is 0.551. The van der Waals surface area contributed by atoms with E-state index in [0.717, 1.165) is 22.3 Å². The summed E-state index contributed by atoms with van der Waals surface area (Å²) in [4.78, 5) is 34.9. The van der Waals surface area contributed by atoms with Gasteiger partial charge in [-0.2, -0.15) is 0 Å². The van der Waals surface area contributed by atoms with E-state index in [1.165, 1.54) is 13.0 Å². The molecule has 0 aliphatic heterocycles. The Morgan fingerprint density at radius 2 is 1.41 bits per heavy atom. The topological polar surface area (TPSA) is 105 Å². The molecule has 3 rings (SSSR count). The number of aliphatic carboxylic acids is 1. The molecule has 0 atom stereocenters. The highest BCUT2D eigenvalue weighted by Crippen LogP contribution is 2.44. The third kappa shape index (κ3) is 5.43. The third-order valence-corrected chi connectivity index (χ3v) is 5.36. The van der Waals surface area contributed by atoms with Crippen LogP contribution in [-0.2, 0) is 14.3 Å². The molecule has 0 fully saturated rings. The summed E-state index contributed by atoms with van der Waals surface area (Å²) in [6.45, 7) is 3.54. The zero-order valence-electron chi connectivity index (χ0n) is 18.1. The second kappa shape index (κ2) is 10.4. The van der Waals surface area contributed by atoms with Crippen LogP contribution >= 0.6 is 0 Å². The molecular weight excluding hydrogens is 408 g/mol. The highest BCUT2D eigenvalue weighted by atomic mass is 16.5. The molecule has 0 saturated heterocycles. The molecule has 2 aromatic carbocycles. The van der Waals surface area contributed by atoms with Crippen molar-refractivity contribution in [2.75, 3.05) is 19.7 Å². The summed E-state index contributed by atoms with van der Waals surface area (Å²) >= 11 is 0. The predicted octanol–water partition coefficient (Wildman–Crippen LogP) is 3.62. The van der Waals surface area contributed by atoms with Crippen molar-refractivity contribution in [3.8, 4) is 11.1 Å². The van der Waals surface area contributed by atoms with Crippen molar-refractivity contribution in [1.29, 1.82) is 0 Å². The van der Waals surface area contributed by atoms with Crippen LogP contribution in [0, 0.1) is 0 Å². The SMILES string of the molecule is C/C(=C\CNC(=O)/C(C)=C/CNC(=O)OCC1c2ccccc2-c2ccccc21)C(=O)O.